The zero-order valence-electron chi connectivity index (χ0n) is 12.7. The van der Waals surface area contributed by atoms with Crippen LogP contribution in [0.3, 0.4) is 0 Å². The summed E-state index contributed by atoms with van der Waals surface area (Å²) in [5, 5.41) is 0.502. The summed E-state index contributed by atoms with van der Waals surface area (Å²) in [6.45, 7) is 3.65. The lowest BCUT2D eigenvalue weighted by atomic mass is 10.1. The SMILES string of the molecule is Cc1c[n+](CC(=O)c2cc3ccc(F)cc3oc2=O)c(C)cn1. The van der Waals surface area contributed by atoms with Crippen molar-refractivity contribution >= 4 is 16.8 Å². The summed E-state index contributed by atoms with van der Waals surface area (Å²) in [6.07, 6.45) is 3.40. The molecule has 3 aromatic rings. The number of aromatic nitrogens is 2. The predicted octanol–water partition coefficient (Wildman–Crippen LogP) is 2.11. The fourth-order valence-corrected chi connectivity index (χ4v) is 2.32. The lowest BCUT2D eigenvalue weighted by Crippen LogP contribution is -2.42. The Labute approximate surface area is 131 Å². The number of rotatable bonds is 3. The quantitative estimate of drug-likeness (QED) is 0.422. The third-order valence-corrected chi connectivity index (χ3v) is 3.56. The summed E-state index contributed by atoms with van der Waals surface area (Å²) >= 11 is 0. The lowest BCUT2D eigenvalue weighted by Gasteiger charge is -2.02. The second-order valence-corrected chi connectivity index (χ2v) is 5.35. The maximum Gasteiger partial charge on any atom is 0.347 e. The lowest BCUT2D eigenvalue weighted by molar-refractivity contribution is -0.690. The molecule has 0 bridgehead atoms. The Bertz CT molecular complexity index is 979. The van der Waals surface area contributed by atoms with Gasteiger partial charge < -0.3 is 4.42 Å². The first kappa shape index (κ1) is 15.0. The highest BCUT2D eigenvalue weighted by Crippen LogP contribution is 2.15. The number of carbonyl (C=O) groups is 1. The molecule has 0 aliphatic rings. The summed E-state index contributed by atoms with van der Waals surface area (Å²) in [7, 11) is 0. The Morgan fingerprint density at radius 2 is 2.09 bits per heavy atom. The van der Waals surface area contributed by atoms with E-state index in [0.717, 1.165) is 17.5 Å². The van der Waals surface area contributed by atoms with E-state index in [2.05, 4.69) is 4.98 Å². The van der Waals surface area contributed by atoms with Gasteiger partial charge in [0.1, 0.15) is 22.7 Å². The van der Waals surface area contributed by atoms with Gasteiger partial charge in [-0.15, -0.1) is 0 Å². The smallest absolute Gasteiger partial charge is 0.347 e. The van der Waals surface area contributed by atoms with Gasteiger partial charge in [-0.1, -0.05) is 0 Å². The van der Waals surface area contributed by atoms with Crippen molar-refractivity contribution in [2.45, 2.75) is 20.4 Å². The zero-order valence-corrected chi connectivity index (χ0v) is 12.7. The van der Waals surface area contributed by atoms with Gasteiger partial charge in [-0.05, 0) is 25.1 Å². The normalized spacial score (nSPS) is 10.9. The number of hydrogen-bond donors (Lipinski definition) is 0. The van der Waals surface area contributed by atoms with Crippen molar-refractivity contribution in [3.8, 4) is 0 Å². The molecule has 0 N–H and O–H groups in total. The van der Waals surface area contributed by atoms with Crippen molar-refractivity contribution in [1.29, 1.82) is 0 Å². The highest BCUT2D eigenvalue weighted by molar-refractivity contribution is 5.97. The first-order valence-corrected chi connectivity index (χ1v) is 7.03. The van der Waals surface area contributed by atoms with E-state index >= 15 is 0 Å². The molecule has 2 heterocycles. The molecule has 1 aromatic carbocycles. The molecule has 2 aromatic heterocycles. The van der Waals surface area contributed by atoms with Crippen molar-refractivity contribution in [3.05, 3.63) is 69.8 Å². The van der Waals surface area contributed by atoms with Crippen LogP contribution in [0, 0.1) is 19.7 Å². The van der Waals surface area contributed by atoms with Crippen LogP contribution in [0.5, 0.6) is 0 Å². The summed E-state index contributed by atoms with van der Waals surface area (Å²) < 4.78 is 19.9. The molecule has 0 radical (unpaired) electrons. The van der Waals surface area contributed by atoms with Gasteiger partial charge in [-0.2, -0.15) is 4.57 Å². The number of carbonyl (C=O) groups excluding carboxylic acids is 1. The Morgan fingerprint density at radius 3 is 2.87 bits per heavy atom. The number of ketones is 1. The topological polar surface area (TPSA) is 64.1 Å². The van der Waals surface area contributed by atoms with Crippen LogP contribution >= 0.6 is 0 Å². The predicted molar refractivity (Wildman–Crippen MR) is 80.7 cm³/mol. The first-order chi connectivity index (χ1) is 10.9. The maximum absolute atomic E-state index is 13.2. The minimum atomic E-state index is -0.767. The largest absolute Gasteiger partial charge is 0.422 e. The highest BCUT2D eigenvalue weighted by Gasteiger charge is 2.20. The molecule has 5 nitrogen and oxygen atoms in total. The van der Waals surface area contributed by atoms with Crippen LogP contribution in [-0.2, 0) is 6.54 Å². The number of hydrogen-bond acceptors (Lipinski definition) is 4. The van der Waals surface area contributed by atoms with E-state index in [0.29, 0.717) is 5.39 Å². The van der Waals surface area contributed by atoms with Crippen molar-refractivity contribution in [3.63, 3.8) is 0 Å². The molecule has 23 heavy (non-hydrogen) atoms. The molecule has 0 fully saturated rings. The molecule has 0 aliphatic heterocycles. The molecule has 0 unspecified atom stereocenters. The Morgan fingerprint density at radius 1 is 1.30 bits per heavy atom. The summed E-state index contributed by atoms with van der Waals surface area (Å²) in [6, 6.07) is 5.28. The molecule has 0 aliphatic carbocycles. The van der Waals surface area contributed by atoms with Gasteiger partial charge in [0.25, 0.3) is 0 Å². The molecule has 0 spiro atoms. The zero-order chi connectivity index (χ0) is 16.6. The second kappa shape index (κ2) is 5.72. The molecule has 0 saturated heterocycles. The third-order valence-electron chi connectivity index (χ3n) is 3.56. The van der Waals surface area contributed by atoms with E-state index in [1.54, 1.807) is 17.0 Å². The molecule has 3 rings (SSSR count). The van der Waals surface area contributed by atoms with Gasteiger partial charge in [-0.3, -0.25) is 4.79 Å². The van der Waals surface area contributed by atoms with Gasteiger partial charge in [0.15, 0.2) is 11.9 Å². The van der Waals surface area contributed by atoms with Gasteiger partial charge in [0.2, 0.25) is 12.3 Å². The summed E-state index contributed by atoms with van der Waals surface area (Å²) in [5.74, 6) is -0.873. The van der Waals surface area contributed by atoms with Crippen LogP contribution in [0.15, 0.2) is 45.9 Å². The average molecular weight is 313 g/mol. The van der Waals surface area contributed by atoms with E-state index in [-0.39, 0.29) is 23.5 Å². The molecular weight excluding hydrogens is 299 g/mol. The molecular formula is C17H14FN2O3+. The fourth-order valence-electron chi connectivity index (χ4n) is 2.32. The summed E-state index contributed by atoms with van der Waals surface area (Å²) in [4.78, 5) is 28.6. The maximum atomic E-state index is 13.2. The van der Waals surface area contributed by atoms with E-state index < -0.39 is 11.4 Å². The van der Waals surface area contributed by atoms with Crippen molar-refractivity contribution < 1.29 is 18.2 Å². The number of fused-ring (bicyclic) bond motifs is 1. The van der Waals surface area contributed by atoms with Crippen LogP contribution in [0.1, 0.15) is 21.7 Å². The van der Waals surface area contributed by atoms with Crippen molar-refractivity contribution in [1.82, 2.24) is 4.98 Å². The average Bonchev–Trinajstić information content (AvgIpc) is 2.50. The standard InChI is InChI=1S/C17H14FN2O3/c1-10-8-20(11(2)7-19-10)9-15(21)14-5-12-3-4-13(18)6-16(12)23-17(14)22/h3-8H,9H2,1-2H3/q+1. The van der Waals surface area contributed by atoms with Gasteiger partial charge in [-0.25, -0.2) is 14.2 Å². The van der Waals surface area contributed by atoms with Crippen LogP contribution < -0.4 is 10.2 Å². The van der Waals surface area contributed by atoms with E-state index in [1.807, 2.05) is 13.8 Å². The van der Waals surface area contributed by atoms with Gasteiger partial charge in [0.05, 0.1) is 6.20 Å². The van der Waals surface area contributed by atoms with Crippen LogP contribution in [0.2, 0.25) is 0 Å². The Hall–Kier alpha value is -2.89. The van der Waals surface area contributed by atoms with Crippen LogP contribution in [0.25, 0.3) is 11.0 Å². The molecule has 6 heteroatoms. The minimum Gasteiger partial charge on any atom is -0.422 e. The number of Topliss-reactive ketones (excluding diaryl/α,β-unsaturated/α-hetero) is 1. The Balaban J connectivity index is 2.00. The number of aryl methyl sites for hydroxylation is 2. The van der Waals surface area contributed by atoms with E-state index in [4.69, 9.17) is 4.42 Å². The molecule has 0 atom stereocenters. The molecule has 0 amide bonds. The molecule has 0 saturated carbocycles. The summed E-state index contributed by atoms with van der Waals surface area (Å²) in [5.41, 5.74) is 0.873. The monoisotopic (exact) mass is 313 g/mol. The van der Waals surface area contributed by atoms with Crippen molar-refractivity contribution in [2.75, 3.05) is 0 Å². The van der Waals surface area contributed by atoms with Crippen molar-refractivity contribution in [2.24, 2.45) is 0 Å². The van der Waals surface area contributed by atoms with Crippen LogP contribution in [0.4, 0.5) is 4.39 Å². The molecule has 116 valence electrons. The Kier molecular flexibility index (Phi) is 3.73. The van der Waals surface area contributed by atoms with Crippen LogP contribution in [-0.4, -0.2) is 10.8 Å². The van der Waals surface area contributed by atoms with E-state index in [1.165, 1.54) is 18.2 Å². The fraction of sp³-hybridized carbons (Fsp3) is 0.176. The van der Waals surface area contributed by atoms with Gasteiger partial charge in [0, 0.05) is 18.4 Å². The minimum absolute atomic E-state index is 0.00660. The number of halogens is 1. The second-order valence-electron chi connectivity index (χ2n) is 5.35. The number of nitrogens with zero attached hydrogens (tertiary/aromatic N) is 2. The van der Waals surface area contributed by atoms with E-state index in [9.17, 15) is 14.0 Å². The number of benzene rings is 1. The third kappa shape index (κ3) is 3.01. The highest BCUT2D eigenvalue weighted by atomic mass is 19.1. The first-order valence-electron chi connectivity index (χ1n) is 7.03. The van der Waals surface area contributed by atoms with Gasteiger partial charge >= 0.3 is 5.63 Å².